The van der Waals surface area contributed by atoms with Gasteiger partial charge in [0.1, 0.15) is 5.82 Å². The second kappa shape index (κ2) is 8.44. The summed E-state index contributed by atoms with van der Waals surface area (Å²) in [7, 11) is 0. The van der Waals surface area contributed by atoms with E-state index >= 15 is 0 Å². The van der Waals surface area contributed by atoms with Crippen molar-refractivity contribution >= 4 is 6.03 Å². The lowest BCUT2D eigenvalue weighted by molar-refractivity contribution is 0.114. The van der Waals surface area contributed by atoms with Gasteiger partial charge in [-0.1, -0.05) is 38.5 Å². The molecule has 2 amide bonds. The Morgan fingerprint density at radius 2 is 2.17 bits per heavy atom. The summed E-state index contributed by atoms with van der Waals surface area (Å²) < 4.78 is 0. The number of aliphatic hydroxyl groups excluding tert-OH is 1. The lowest BCUT2D eigenvalue weighted by atomic mass is 10.0. The zero-order chi connectivity index (χ0) is 17.5. The Bertz CT molecular complexity index is 671. The summed E-state index contributed by atoms with van der Waals surface area (Å²) >= 11 is 0. The fourth-order valence-electron chi connectivity index (χ4n) is 2.21. The summed E-state index contributed by atoms with van der Waals surface area (Å²) in [5.41, 5.74) is 1.85. The van der Waals surface area contributed by atoms with Crippen LogP contribution in [0.25, 0.3) is 11.4 Å². The number of hydrogen-bond donors (Lipinski definition) is 4. The molecular formula is C17H25N5O2. The topological polar surface area (TPSA) is 103 Å². The highest BCUT2D eigenvalue weighted by atomic mass is 16.3. The second-order valence-electron chi connectivity index (χ2n) is 5.96. The Balaban J connectivity index is 1.85. The smallest absolute Gasteiger partial charge is 0.315 e. The fourth-order valence-corrected chi connectivity index (χ4v) is 2.21. The third kappa shape index (κ3) is 5.06. The maximum atomic E-state index is 11.8. The first kappa shape index (κ1) is 17.9. The van der Waals surface area contributed by atoms with E-state index in [1.807, 2.05) is 45.0 Å². The fraction of sp³-hybridized carbons (Fsp3) is 0.471. The Hall–Kier alpha value is -2.41. The molecule has 1 aromatic carbocycles. The van der Waals surface area contributed by atoms with Gasteiger partial charge in [-0.15, -0.1) is 0 Å². The van der Waals surface area contributed by atoms with Gasteiger partial charge in [0.05, 0.1) is 6.10 Å². The summed E-state index contributed by atoms with van der Waals surface area (Å²) in [6.45, 7) is 6.46. The predicted molar refractivity (Wildman–Crippen MR) is 92.3 cm³/mol. The highest BCUT2D eigenvalue weighted by Gasteiger charge is 2.13. The number of aryl methyl sites for hydroxylation is 1. The van der Waals surface area contributed by atoms with E-state index in [0.717, 1.165) is 23.4 Å². The van der Waals surface area contributed by atoms with Crippen molar-refractivity contribution in [3.63, 3.8) is 0 Å². The maximum Gasteiger partial charge on any atom is 0.315 e. The van der Waals surface area contributed by atoms with Crippen LogP contribution in [0, 0.1) is 12.8 Å². The van der Waals surface area contributed by atoms with Crippen LogP contribution in [0.5, 0.6) is 0 Å². The minimum Gasteiger partial charge on any atom is -0.391 e. The minimum atomic E-state index is -0.530. The van der Waals surface area contributed by atoms with Crippen molar-refractivity contribution in [3.8, 4) is 11.4 Å². The standard InChI is InChI=1S/C17H25N5O2/c1-4-11(2)15(23)10-19-17(24)18-9-13-6-5-7-14(8-13)16-20-12(3)21-22-16/h5-8,11,15,23H,4,9-10H2,1-3H3,(H2,18,19,24)(H,20,21,22). The first-order chi connectivity index (χ1) is 11.5. The summed E-state index contributed by atoms with van der Waals surface area (Å²) in [5.74, 6) is 1.55. The number of carbonyl (C=O) groups is 1. The number of nitrogens with one attached hydrogen (secondary N) is 3. The van der Waals surface area contributed by atoms with Crippen molar-refractivity contribution in [1.82, 2.24) is 25.8 Å². The summed E-state index contributed by atoms with van der Waals surface area (Å²) in [4.78, 5) is 16.1. The molecule has 4 N–H and O–H groups in total. The predicted octanol–water partition coefficient (Wildman–Crippen LogP) is 1.99. The van der Waals surface area contributed by atoms with Crippen LogP contribution < -0.4 is 10.6 Å². The maximum absolute atomic E-state index is 11.8. The molecule has 7 nitrogen and oxygen atoms in total. The average Bonchev–Trinajstić information content (AvgIpc) is 3.03. The highest BCUT2D eigenvalue weighted by molar-refractivity contribution is 5.73. The Morgan fingerprint density at radius 1 is 1.38 bits per heavy atom. The first-order valence-corrected chi connectivity index (χ1v) is 8.17. The number of aromatic amines is 1. The number of aromatic nitrogens is 3. The van der Waals surface area contributed by atoms with Gasteiger partial charge >= 0.3 is 6.03 Å². The Labute approximate surface area is 141 Å². The molecule has 0 fully saturated rings. The third-order valence-electron chi connectivity index (χ3n) is 4.01. The quantitative estimate of drug-likeness (QED) is 0.623. The van der Waals surface area contributed by atoms with Gasteiger partial charge in [-0.3, -0.25) is 5.10 Å². The van der Waals surface area contributed by atoms with E-state index in [1.54, 1.807) is 0 Å². The molecule has 1 aromatic heterocycles. The molecule has 0 aliphatic rings. The molecule has 0 radical (unpaired) electrons. The molecule has 24 heavy (non-hydrogen) atoms. The third-order valence-corrected chi connectivity index (χ3v) is 4.01. The molecule has 0 bridgehead atoms. The first-order valence-electron chi connectivity index (χ1n) is 8.17. The zero-order valence-corrected chi connectivity index (χ0v) is 14.3. The summed E-state index contributed by atoms with van der Waals surface area (Å²) in [6.07, 6.45) is 0.343. The van der Waals surface area contributed by atoms with E-state index < -0.39 is 6.10 Å². The number of benzene rings is 1. The Morgan fingerprint density at radius 3 is 2.83 bits per heavy atom. The normalized spacial score (nSPS) is 13.3. The number of urea groups is 1. The molecule has 2 aromatic rings. The molecule has 0 saturated carbocycles. The van der Waals surface area contributed by atoms with Crippen molar-refractivity contribution in [1.29, 1.82) is 0 Å². The number of aliphatic hydroxyl groups is 1. The van der Waals surface area contributed by atoms with Gasteiger partial charge in [0, 0.05) is 18.7 Å². The van der Waals surface area contributed by atoms with Gasteiger partial charge in [0.25, 0.3) is 0 Å². The molecule has 0 aliphatic carbocycles. The largest absolute Gasteiger partial charge is 0.391 e. The van der Waals surface area contributed by atoms with Crippen LogP contribution in [-0.2, 0) is 6.54 Å². The number of hydrogen-bond acceptors (Lipinski definition) is 4. The molecule has 0 aliphatic heterocycles. The van der Waals surface area contributed by atoms with Crippen molar-refractivity contribution < 1.29 is 9.90 Å². The number of nitrogens with zero attached hydrogens (tertiary/aromatic N) is 2. The summed E-state index contributed by atoms with van der Waals surface area (Å²) in [5, 5.41) is 22.3. The summed E-state index contributed by atoms with van der Waals surface area (Å²) in [6, 6.07) is 7.40. The number of amides is 2. The molecular weight excluding hydrogens is 306 g/mol. The molecule has 2 atom stereocenters. The van der Waals surface area contributed by atoms with Crippen LogP contribution >= 0.6 is 0 Å². The molecule has 2 unspecified atom stereocenters. The number of rotatable bonds is 7. The van der Waals surface area contributed by atoms with Gasteiger partial charge in [-0.2, -0.15) is 5.10 Å². The van der Waals surface area contributed by atoms with E-state index in [1.165, 1.54) is 0 Å². The molecule has 0 spiro atoms. The van der Waals surface area contributed by atoms with Crippen LogP contribution in [-0.4, -0.2) is 39.0 Å². The molecule has 1 heterocycles. The molecule has 2 rings (SSSR count). The van der Waals surface area contributed by atoms with Crippen molar-refractivity contribution in [3.05, 3.63) is 35.7 Å². The van der Waals surface area contributed by atoms with E-state index in [9.17, 15) is 9.90 Å². The van der Waals surface area contributed by atoms with Gasteiger partial charge in [0.2, 0.25) is 0 Å². The highest BCUT2D eigenvalue weighted by Crippen LogP contribution is 2.16. The number of H-pyrrole nitrogens is 1. The van der Waals surface area contributed by atoms with Crippen molar-refractivity contribution in [2.75, 3.05) is 6.54 Å². The van der Waals surface area contributed by atoms with Gasteiger partial charge in [-0.05, 0) is 24.5 Å². The van der Waals surface area contributed by atoms with Crippen LogP contribution in [0.4, 0.5) is 4.79 Å². The van der Waals surface area contributed by atoms with Crippen LogP contribution in [0.3, 0.4) is 0 Å². The van der Waals surface area contributed by atoms with Crippen molar-refractivity contribution in [2.45, 2.75) is 39.8 Å². The van der Waals surface area contributed by atoms with E-state index in [-0.39, 0.29) is 18.5 Å². The van der Waals surface area contributed by atoms with Gasteiger partial charge in [0.15, 0.2) is 5.82 Å². The van der Waals surface area contributed by atoms with Crippen molar-refractivity contribution in [2.24, 2.45) is 5.92 Å². The molecule has 0 saturated heterocycles. The Kier molecular flexibility index (Phi) is 6.31. The average molecular weight is 331 g/mol. The lowest BCUT2D eigenvalue weighted by Crippen LogP contribution is -2.41. The molecule has 7 heteroatoms. The van der Waals surface area contributed by atoms with Crippen LogP contribution in [0.1, 0.15) is 31.7 Å². The van der Waals surface area contributed by atoms with Crippen LogP contribution in [0.15, 0.2) is 24.3 Å². The SMILES string of the molecule is CCC(C)C(O)CNC(=O)NCc1cccc(-c2n[nH]c(C)n2)c1. The van der Waals surface area contributed by atoms with E-state index in [0.29, 0.717) is 12.4 Å². The van der Waals surface area contributed by atoms with E-state index in [2.05, 4.69) is 25.8 Å². The van der Waals surface area contributed by atoms with Gasteiger partial charge < -0.3 is 15.7 Å². The van der Waals surface area contributed by atoms with Crippen LogP contribution in [0.2, 0.25) is 0 Å². The number of carbonyl (C=O) groups excluding carboxylic acids is 1. The molecule has 130 valence electrons. The second-order valence-corrected chi connectivity index (χ2v) is 5.96. The lowest BCUT2D eigenvalue weighted by Gasteiger charge is -2.17. The van der Waals surface area contributed by atoms with Gasteiger partial charge in [-0.25, -0.2) is 9.78 Å². The minimum absolute atomic E-state index is 0.159. The zero-order valence-electron chi connectivity index (χ0n) is 14.3. The monoisotopic (exact) mass is 331 g/mol. The van der Waals surface area contributed by atoms with E-state index in [4.69, 9.17) is 0 Å².